The molecule has 5 heteroatoms. The second kappa shape index (κ2) is 2.58. The largest absolute Gasteiger partial charge is 0.277 e. The van der Waals surface area contributed by atoms with E-state index in [9.17, 15) is 4.79 Å². The molecule has 0 aromatic heterocycles. The Morgan fingerprint density at radius 1 is 1.88 bits per heavy atom. The zero-order valence-corrected chi connectivity index (χ0v) is 4.72. The molecule has 0 saturated heterocycles. The molecule has 1 aliphatic heterocycles. The summed E-state index contributed by atoms with van der Waals surface area (Å²) >= 11 is 1.15. The van der Waals surface area contributed by atoms with Crippen LogP contribution in [-0.4, -0.2) is 11.6 Å². The summed E-state index contributed by atoms with van der Waals surface area (Å²) in [6.07, 6.45) is 2.13. The van der Waals surface area contributed by atoms with E-state index in [1.54, 1.807) is 11.6 Å². The van der Waals surface area contributed by atoms with Crippen molar-refractivity contribution in [2.24, 2.45) is 0 Å². The number of amides is 1. The van der Waals surface area contributed by atoms with Crippen molar-refractivity contribution in [1.82, 2.24) is 10.6 Å². The summed E-state index contributed by atoms with van der Waals surface area (Å²) in [5.41, 5.74) is 2.27. The summed E-state index contributed by atoms with van der Waals surface area (Å²) < 4.78 is 4.69. The highest BCUT2D eigenvalue weighted by molar-refractivity contribution is 7.97. The van der Waals surface area contributed by atoms with Crippen LogP contribution in [0.1, 0.15) is 0 Å². The number of hydrazine groups is 1. The lowest BCUT2D eigenvalue weighted by molar-refractivity contribution is -0.122. The van der Waals surface area contributed by atoms with E-state index in [-0.39, 0.29) is 0 Å². The Kier molecular flexibility index (Phi) is 1.76. The van der Waals surface area contributed by atoms with E-state index in [1.807, 2.05) is 0 Å². The van der Waals surface area contributed by atoms with E-state index in [0.717, 1.165) is 12.0 Å². The van der Waals surface area contributed by atoms with Crippen LogP contribution < -0.4 is 5.43 Å². The minimum atomic E-state index is 0.538. The molecule has 1 aliphatic rings. The molecular weight excluding hydrogens is 128 g/mol. The van der Waals surface area contributed by atoms with Crippen molar-refractivity contribution in [1.29, 1.82) is 0 Å². The molecule has 0 spiro atoms. The van der Waals surface area contributed by atoms with Crippen LogP contribution in [0.2, 0.25) is 0 Å². The van der Waals surface area contributed by atoms with Crippen molar-refractivity contribution >= 4 is 18.5 Å². The van der Waals surface area contributed by atoms with Gasteiger partial charge in [0, 0.05) is 5.41 Å². The third-order valence-electron chi connectivity index (χ3n) is 0.555. The number of hydroxylamine groups is 1. The number of nitrogens with zero attached hydrogens (tertiary/aromatic N) is 1. The van der Waals surface area contributed by atoms with Crippen molar-refractivity contribution in [3.63, 3.8) is 0 Å². The quantitative estimate of drug-likeness (QED) is 0.424. The fourth-order valence-electron chi connectivity index (χ4n) is 0.293. The van der Waals surface area contributed by atoms with Gasteiger partial charge in [-0.3, -0.25) is 4.79 Å². The standard InChI is InChI=1S/C3H4N2O2S/c6-3-4-5-1-2-8-7-5/h1-3H,(H,4,6). The summed E-state index contributed by atoms with van der Waals surface area (Å²) in [4.78, 5) is 9.68. The van der Waals surface area contributed by atoms with Crippen LogP contribution in [0.15, 0.2) is 11.6 Å². The zero-order valence-electron chi connectivity index (χ0n) is 3.90. The fourth-order valence-corrected chi connectivity index (χ4v) is 0.688. The molecule has 0 saturated carbocycles. The van der Waals surface area contributed by atoms with Gasteiger partial charge in [0.1, 0.15) is 0 Å². The zero-order chi connectivity index (χ0) is 5.82. The number of carbonyl (C=O) groups excluding carboxylic acids is 1. The van der Waals surface area contributed by atoms with Gasteiger partial charge >= 0.3 is 0 Å². The van der Waals surface area contributed by atoms with Gasteiger partial charge in [-0.05, 0) is 0 Å². The molecule has 0 fully saturated rings. The maximum absolute atomic E-state index is 9.68. The van der Waals surface area contributed by atoms with E-state index >= 15 is 0 Å². The van der Waals surface area contributed by atoms with E-state index in [1.165, 1.54) is 5.17 Å². The lowest BCUT2D eigenvalue weighted by Crippen LogP contribution is -2.27. The van der Waals surface area contributed by atoms with Crippen molar-refractivity contribution in [2.45, 2.75) is 0 Å². The van der Waals surface area contributed by atoms with Gasteiger partial charge in [-0.25, -0.2) is 5.43 Å². The van der Waals surface area contributed by atoms with Gasteiger partial charge in [0.2, 0.25) is 6.41 Å². The van der Waals surface area contributed by atoms with Gasteiger partial charge in [0.25, 0.3) is 0 Å². The summed E-state index contributed by atoms with van der Waals surface area (Å²) in [7, 11) is 0. The molecule has 0 bridgehead atoms. The van der Waals surface area contributed by atoms with Gasteiger partial charge in [-0.15, -0.1) is 0 Å². The molecule has 1 rings (SSSR count). The molecule has 0 unspecified atom stereocenters. The molecular formula is C3H4N2O2S. The lowest BCUT2D eigenvalue weighted by Gasteiger charge is -2.07. The Labute approximate surface area is 50.6 Å². The maximum Gasteiger partial charge on any atom is 0.227 e. The summed E-state index contributed by atoms with van der Waals surface area (Å²) in [5, 5.41) is 2.91. The van der Waals surface area contributed by atoms with E-state index in [0.29, 0.717) is 6.41 Å². The minimum Gasteiger partial charge on any atom is -0.277 e. The summed E-state index contributed by atoms with van der Waals surface area (Å²) in [6.45, 7) is 0. The van der Waals surface area contributed by atoms with Crippen molar-refractivity contribution in [3.05, 3.63) is 11.6 Å². The van der Waals surface area contributed by atoms with Gasteiger partial charge < -0.3 is 0 Å². The monoisotopic (exact) mass is 132 g/mol. The highest BCUT2D eigenvalue weighted by atomic mass is 32.2. The minimum absolute atomic E-state index is 0.538. The summed E-state index contributed by atoms with van der Waals surface area (Å²) in [6, 6.07) is 0. The Morgan fingerprint density at radius 3 is 3.25 bits per heavy atom. The average Bonchev–Trinajstić information content (AvgIpc) is 2.19. The number of rotatable bonds is 2. The molecule has 0 atom stereocenters. The van der Waals surface area contributed by atoms with Crippen LogP contribution >= 0.6 is 12.0 Å². The third kappa shape index (κ3) is 1.14. The van der Waals surface area contributed by atoms with Crippen LogP contribution in [0.4, 0.5) is 0 Å². The van der Waals surface area contributed by atoms with Gasteiger partial charge in [0.15, 0.2) is 0 Å². The molecule has 0 aliphatic carbocycles. The Hall–Kier alpha value is -0.680. The third-order valence-corrected chi connectivity index (χ3v) is 1.03. The first-order valence-electron chi connectivity index (χ1n) is 1.92. The highest BCUT2D eigenvalue weighted by Crippen LogP contribution is 2.13. The van der Waals surface area contributed by atoms with Crippen LogP contribution in [0.3, 0.4) is 0 Å². The lowest BCUT2D eigenvalue weighted by atomic mass is 11.0. The number of hydrogen-bond acceptors (Lipinski definition) is 4. The Morgan fingerprint density at radius 2 is 2.75 bits per heavy atom. The maximum atomic E-state index is 9.68. The van der Waals surface area contributed by atoms with Crippen LogP contribution in [-0.2, 0) is 9.08 Å². The van der Waals surface area contributed by atoms with Crippen LogP contribution in [0.5, 0.6) is 0 Å². The molecule has 0 aromatic carbocycles. The van der Waals surface area contributed by atoms with Gasteiger partial charge in [-0.1, -0.05) is 0 Å². The van der Waals surface area contributed by atoms with Gasteiger partial charge in [0.05, 0.1) is 18.2 Å². The molecule has 0 aromatic rings. The Bertz CT molecular complexity index is 116. The van der Waals surface area contributed by atoms with E-state index in [2.05, 4.69) is 9.71 Å². The second-order valence-corrected chi connectivity index (χ2v) is 1.64. The van der Waals surface area contributed by atoms with Crippen molar-refractivity contribution in [3.8, 4) is 0 Å². The topological polar surface area (TPSA) is 41.6 Å². The first-order valence-corrected chi connectivity index (χ1v) is 2.73. The molecule has 1 N–H and O–H groups in total. The second-order valence-electron chi connectivity index (χ2n) is 1.03. The van der Waals surface area contributed by atoms with Crippen molar-refractivity contribution < 1.29 is 9.08 Å². The number of carbonyl (C=O) groups is 1. The molecule has 4 nitrogen and oxygen atoms in total. The average molecular weight is 132 g/mol. The summed E-state index contributed by atoms with van der Waals surface area (Å²) in [5.74, 6) is 0. The van der Waals surface area contributed by atoms with Crippen molar-refractivity contribution in [2.75, 3.05) is 0 Å². The smallest absolute Gasteiger partial charge is 0.227 e. The number of hydrogen-bond donors (Lipinski definition) is 1. The van der Waals surface area contributed by atoms with E-state index in [4.69, 9.17) is 0 Å². The molecule has 44 valence electrons. The van der Waals surface area contributed by atoms with Crippen LogP contribution in [0.25, 0.3) is 0 Å². The first kappa shape index (κ1) is 5.46. The highest BCUT2D eigenvalue weighted by Gasteiger charge is 2.01. The van der Waals surface area contributed by atoms with Gasteiger partial charge in [-0.2, -0.15) is 9.46 Å². The number of nitrogens with one attached hydrogen (secondary N) is 1. The normalized spacial score (nSPS) is 16.8. The molecule has 1 amide bonds. The molecule has 0 radical (unpaired) electrons. The Balaban J connectivity index is 2.25. The SMILES string of the molecule is O=CNN1C=CSO1. The first-order chi connectivity index (χ1) is 3.93. The predicted molar refractivity (Wildman–Crippen MR) is 28.9 cm³/mol. The molecule has 1 heterocycles. The van der Waals surface area contributed by atoms with Crippen LogP contribution in [0, 0.1) is 0 Å². The van der Waals surface area contributed by atoms with E-state index < -0.39 is 0 Å². The fraction of sp³-hybridized carbons (Fsp3) is 0. The molecule has 8 heavy (non-hydrogen) atoms. The predicted octanol–water partition coefficient (Wildman–Crippen LogP) is 0.0140.